The molecule has 0 radical (unpaired) electrons. The van der Waals surface area contributed by atoms with E-state index in [0.29, 0.717) is 18.0 Å². The molecule has 0 aromatic heterocycles. The molecule has 1 aliphatic rings. The first kappa shape index (κ1) is 26.5. The molecule has 0 saturated heterocycles. The summed E-state index contributed by atoms with van der Waals surface area (Å²) in [6.45, 7) is 7.30. The van der Waals surface area contributed by atoms with Crippen LogP contribution in [0.3, 0.4) is 0 Å². The molecule has 0 heterocycles. The molecule has 1 fully saturated rings. The van der Waals surface area contributed by atoms with Crippen molar-refractivity contribution in [1.29, 1.82) is 0 Å². The van der Waals surface area contributed by atoms with Gasteiger partial charge in [-0.3, -0.25) is 4.79 Å². The smallest absolute Gasteiger partial charge is 0.322 e. The van der Waals surface area contributed by atoms with E-state index in [1.807, 2.05) is 41.3 Å². The van der Waals surface area contributed by atoms with E-state index in [4.69, 9.17) is 11.3 Å². The molecule has 0 spiro atoms. The maximum Gasteiger partial charge on any atom is 0.322 e. The van der Waals surface area contributed by atoms with Crippen LogP contribution in [0.2, 0.25) is 0 Å². The number of carbonyl (C=O) groups excluding carboxylic acids is 2. The topological polar surface area (TPSA) is 126 Å². The molecule has 0 bridgehead atoms. The quantitative estimate of drug-likeness (QED) is 0.287. The van der Waals surface area contributed by atoms with Crippen LogP contribution in [0.4, 0.5) is 10.5 Å². The summed E-state index contributed by atoms with van der Waals surface area (Å²) in [7, 11) is 0. The Kier molecular flexibility index (Phi) is 8.77. The second-order valence-electron chi connectivity index (χ2n) is 10.0. The van der Waals surface area contributed by atoms with Gasteiger partial charge in [-0.05, 0) is 72.9 Å². The van der Waals surface area contributed by atoms with Gasteiger partial charge < -0.3 is 16.0 Å². The van der Waals surface area contributed by atoms with Gasteiger partial charge in [-0.1, -0.05) is 54.9 Å². The van der Waals surface area contributed by atoms with Crippen molar-refractivity contribution in [1.82, 2.24) is 4.90 Å². The van der Waals surface area contributed by atoms with Crippen LogP contribution in [0.1, 0.15) is 62.4 Å². The molecule has 2 aromatic carbocycles. The molecule has 1 saturated carbocycles. The number of guanidine groups is 1. The molecule has 8 nitrogen and oxygen atoms in total. The second kappa shape index (κ2) is 11.6. The highest BCUT2D eigenvalue weighted by atomic mass is 79.9. The fourth-order valence-corrected chi connectivity index (χ4v) is 4.93. The van der Waals surface area contributed by atoms with Crippen LogP contribution in [0.25, 0.3) is 0 Å². The Balaban J connectivity index is 1.78. The van der Waals surface area contributed by atoms with E-state index in [0.717, 1.165) is 41.4 Å². The highest BCUT2D eigenvalue weighted by molar-refractivity contribution is 9.10. The maximum atomic E-state index is 13.4. The van der Waals surface area contributed by atoms with Crippen LogP contribution < -0.4 is 16.6 Å². The zero-order chi connectivity index (χ0) is 25.6. The lowest BCUT2D eigenvalue weighted by Gasteiger charge is -2.41. The van der Waals surface area contributed by atoms with Crippen molar-refractivity contribution >= 4 is 39.5 Å². The molecule has 2 aromatic rings. The third-order valence-corrected chi connectivity index (χ3v) is 7.09. The summed E-state index contributed by atoms with van der Waals surface area (Å²) in [6, 6.07) is 14.6. The Morgan fingerprint density at radius 2 is 1.77 bits per heavy atom. The number of aliphatic imine (C=N–C) groups is 1. The Bertz CT molecular complexity index is 1090. The van der Waals surface area contributed by atoms with Gasteiger partial charge in [0.1, 0.15) is 0 Å². The van der Waals surface area contributed by atoms with Crippen molar-refractivity contribution in [2.24, 2.45) is 27.2 Å². The molecule has 3 rings (SSSR count). The molecule has 1 aliphatic carbocycles. The van der Waals surface area contributed by atoms with Crippen molar-refractivity contribution in [3.8, 4) is 0 Å². The van der Waals surface area contributed by atoms with Crippen LogP contribution in [-0.4, -0.2) is 28.8 Å². The van der Waals surface area contributed by atoms with Crippen LogP contribution in [0, 0.1) is 11.3 Å². The lowest BCUT2D eigenvalue weighted by Crippen LogP contribution is -2.45. The number of halogens is 1. The van der Waals surface area contributed by atoms with Crippen molar-refractivity contribution in [2.45, 2.75) is 59.0 Å². The van der Waals surface area contributed by atoms with Crippen LogP contribution >= 0.6 is 15.9 Å². The van der Waals surface area contributed by atoms with E-state index in [9.17, 15) is 9.59 Å². The largest absolute Gasteiger partial charge is 0.363 e. The zero-order valence-electron chi connectivity index (χ0n) is 20.5. The normalized spacial score (nSPS) is 18.6. The minimum absolute atomic E-state index is 0.135. The molecular weight excluding hydrogens is 508 g/mol. The van der Waals surface area contributed by atoms with Crippen LogP contribution in [0.15, 0.2) is 63.1 Å². The number of carbonyl (C=O) groups is 2. The lowest BCUT2D eigenvalue weighted by atomic mass is 9.71. The summed E-state index contributed by atoms with van der Waals surface area (Å²) in [5.74, 6) is -0.152. The Morgan fingerprint density at radius 3 is 2.34 bits per heavy atom. The molecular formula is C26H34BrN6O2+. The van der Waals surface area contributed by atoms with Crippen molar-refractivity contribution in [3.63, 3.8) is 0 Å². The predicted octanol–water partition coefficient (Wildman–Crippen LogP) is 4.75. The van der Waals surface area contributed by atoms with Gasteiger partial charge in [-0.15, -0.1) is 5.53 Å². The number of benzene rings is 2. The summed E-state index contributed by atoms with van der Waals surface area (Å²) in [6.07, 6.45) is 4.10. The van der Waals surface area contributed by atoms with E-state index in [1.165, 1.54) is 0 Å². The predicted molar refractivity (Wildman–Crippen MR) is 141 cm³/mol. The van der Waals surface area contributed by atoms with Gasteiger partial charge in [0.05, 0.1) is 0 Å². The summed E-state index contributed by atoms with van der Waals surface area (Å²) >= 11 is 3.46. The second-order valence-corrected chi connectivity index (χ2v) is 11.0. The highest BCUT2D eigenvalue weighted by Gasteiger charge is 2.33. The zero-order valence-corrected chi connectivity index (χ0v) is 22.1. The molecule has 3 amide bonds. The van der Waals surface area contributed by atoms with Crippen molar-refractivity contribution in [2.75, 3.05) is 5.32 Å². The third kappa shape index (κ3) is 7.45. The van der Waals surface area contributed by atoms with Gasteiger partial charge >= 0.3 is 6.03 Å². The van der Waals surface area contributed by atoms with Gasteiger partial charge in [0.15, 0.2) is 0 Å². The van der Waals surface area contributed by atoms with E-state index in [2.05, 4.69) is 52.1 Å². The fraction of sp³-hybridized carbons (Fsp3) is 0.423. The fourth-order valence-electron chi connectivity index (χ4n) is 4.53. The van der Waals surface area contributed by atoms with Gasteiger partial charge in [-0.25, -0.2) is 4.79 Å². The average Bonchev–Trinajstić information content (AvgIpc) is 2.82. The Hall–Kier alpha value is -3.07. The minimum Gasteiger partial charge on any atom is -0.363 e. The van der Waals surface area contributed by atoms with E-state index in [1.54, 1.807) is 12.1 Å². The molecule has 0 unspecified atom stereocenters. The number of hydrogen-bond acceptors (Lipinski definition) is 2. The summed E-state index contributed by atoms with van der Waals surface area (Å²) in [5, 5.41) is 6.24. The lowest BCUT2D eigenvalue weighted by molar-refractivity contribution is -0.207. The van der Waals surface area contributed by atoms with Gasteiger partial charge in [0, 0.05) is 33.4 Å². The van der Waals surface area contributed by atoms with Gasteiger partial charge in [0.2, 0.25) is 0 Å². The summed E-state index contributed by atoms with van der Waals surface area (Å²) < 4.78 is 0.901. The number of nitrogens with zero attached hydrogens (tertiary/aromatic N) is 3. The van der Waals surface area contributed by atoms with Crippen LogP contribution in [-0.2, 0) is 6.54 Å². The standard InChI is InChI=1S/C26H33BrN6O2/c1-26(2,3)19-11-13-22(14-12-19)33(25(35)30-21-6-4-5-20(27)15-21)16-17-7-9-18(10-8-17)23(34)31-24(28)32-29/h4-10,15,19,22,29H,11-14,16H2,1-3H3,(H,30,35)(H2,28,31,34)/p+1. The van der Waals surface area contributed by atoms with Gasteiger partial charge in [-0.2, -0.15) is 4.99 Å². The van der Waals surface area contributed by atoms with Gasteiger partial charge in [0.25, 0.3) is 11.9 Å². The number of rotatable bonds is 5. The minimum atomic E-state index is -0.520. The number of nitrogens with one attached hydrogen (secondary N) is 1. The molecule has 35 heavy (non-hydrogen) atoms. The van der Waals surface area contributed by atoms with E-state index < -0.39 is 5.91 Å². The van der Waals surface area contributed by atoms with Crippen LogP contribution in [0.5, 0.6) is 0 Å². The number of nitrogens with two attached hydrogens (primary N) is 2. The van der Waals surface area contributed by atoms with E-state index in [-0.39, 0.29) is 23.4 Å². The Labute approximate surface area is 215 Å². The first-order chi connectivity index (χ1) is 16.6. The number of urea groups is 1. The molecule has 9 heteroatoms. The number of amides is 3. The SMILES string of the molecule is CC(C)(C)C1CCC(N(Cc2ccc(C(=O)N=C(N)N=[NH2+])cc2)C(=O)Nc2cccc(Br)c2)CC1. The van der Waals surface area contributed by atoms with Crippen molar-refractivity contribution < 1.29 is 15.1 Å². The molecule has 5 N–H and O–H groups in total. The van der Waals surface area contributed by atoms with E-state index >= 15 is 0 Å². The number of anilines is 1. The molecule has 186 valence electrons. The number of hydrogen-bond donors (Lipinski definition) is 3. The maximum absolute atomic E-state index is 13.4. The molecule has 0 aliphatic heterocycles. The molecule has 0 atom stereocenters. The Morgan fingerprint density at radius 1 is 1.11 bits per heavy atom. The summed E-state index contributed by atoms with van der Waals surface area (Å²) in [5.41, 5.74) is 12.8. The summed E-state index contributed by atoms with van der Waals surface area (Å²) in [4.78, 5) is 31.2. The first-order valence-corrected chi connectivity index (χ1v) is 12.6. The average molecular weight is 543 g/mol. The third-order valence-electron chi connectivity index (χ3n) is 6.60. The monoisotopic (exact) mass is 541 g/mol. The first-order valence-electron chi connectivity index (χ1n) is 11.8. The highest BCUT2D eigenvalue weighted by Crippen LogP contribution is 2.39. The van der Waals surface area contributed by atoms with Crippen molar-refractivity contribution in [3.05, 3.63) is 64.1 Å².